The molecule has 1 unspecified atom stereocenters. The van der Waals surface area contributed by atoms with Crippen molar-refractivity contribution in [2.45, 2.75) is 108 Å². The van der Waals surface area contributed by atoms with Crippen LogP contribution in [0.15, 0.2) is 35.2 Å². The highest BCUT2D eigenvalue weighted by Crippen LogP contribution is 2.38. The number of nitrogens with two attached hydrogens (primary N) is 1. The minimum Gasteiger partial charge on any atom is -0.508 e. The Balaban J connectivity index is 0.000000495. The summed E-state index contributed by atoms with van der Waals surface area (Å²) in [7, 11) is -4.11. The van der Waals surface area contributed by atoms with Gasteiger partial charge in [-0.3, -0.25) is 4.79 Å². The van der Waals surface area contributed by atoms with E-state index in [9.17, 15) is 27.8 Å². The van der Waals surface area contributed by atoms with Gasteiger partial charge in [-0.15, -0.1) is 0 Å². The maximum Gasteiger partial charge on any atom is 0.243 e. The lowest BCUT2D eigenvalue weighted by Gasteiger charge is -2.17. The lowest BCUT2D eigenvalue weighted by molar-refractivity contribution is -0.115. The van der Waals surface area contributed by atoms with Crippen LogP contribution in [0.25, 0.3) is 0 Å². The van der Waals surface area contributed by atoms with E-state index in [0.29, 0.717) is 0 Å². The van der Waals surface area contributed by atoms with Crippen molar-refractivity contribution in [3.63, 3.8) is 0 Å². The molecule has 5 N–H and O–H groups in total. The molecule has 0 aliphatic rings. The highest BCUT2D eigenvalue weighted by Gasteiger charge is 2.33. The fourth-order valence-corrected chi connectivity index (χ4v) is 5.90. The molecule has 2 aromatic carbocycles. The third-order valence-corrected chi connectivity index (χ3v) is 8.97. The van der Waals surface area contributed by atoms with E-state index in [1.54, 1.807) is 0 Å². The zero-order valence-electron chi connectivity index (χ0n) is 23.3. The first-order valence-corrected chi connectivity index (χ1v) is 15.7. The molecule has 0 aliphatic carbocycles. The third-order valence-electron chi connectivity index (χ3n) is 6.38. The zero-order valence-corrected chi connectivity index (χ0v) is 24.9. The van der Waals surface area contributed by atoms with Crippen molar-refractivity contribution in [1.82, 2.24) is 0 Å². The van der Waals surface area contributed by atoms with Crippen molar-refractivity contribution in [1.29, 1.82) is 0 Å². The van der Waals surface area contributed by atoms with Gasteiger partial charge in [-0.25, -0.2) is 12.8 Å². The smallest absolute Gasteiger partial charge is 0.243 e. The summed E-state index contributed by atoms with van der Waals surface area (Å²) in [6.07, 6.45) is 15.8. The van der Waals surface area contributed by atoms with Crippen LogP contribution in [-0.2, 0) is 14.6 Å². The molecule has 39 heavy (non-hydrogen) atoms. The second kappa shape index (κ2) is 17.9. The number of amides is 1. The van der Waals surface area contributed by atoms with Crippen LogP contribution in [0.5, 0.6) is 11.5 Å². The van der Waals surface area contributed by atoms with Gasteiger partial charge in [0.2, 0.25) is 5.91 Å². The topological polar surface area (TPSA) is 130 Å². The van der Waals surface area contributed by atoms with Crippen LogP contribution in [0.3, 0.4) is 0 Å². The van der Waals surface area contributed by atoms with Gasteiger partial charge in [0.1, 0.15) is 16.0 Å². The average molecular weight is 587 g/mol. The van der Waals surface area contributed by atoms with Gasteiger partial charge in [0, 0.05) is 6.07 Å². The molecule has 2 aromatic rings. The van der Waals surface area contributed by atoms with E-state index < -0.39 is 43.3 Å². The number of halogens is 2. The van der Waals surface area contributed by atoms with Crippen LogP contribution in [-0.4, -0.2) is 29.8 Å². The average Bonchev–Trinajstić information content (AvgIpc) is 2.90. The summed E-state index contributed by atoms with van der Waals surface area (Å²) >= 11 is 5.78. The lowest BCUT2D eigenvalue weighted by atomic mass is 10.1. The number of nitrogens with one attached hydrogen (secondary N) is 1. The number of sulfone groups is 1. The molecule has 0 bridgehead atoms. The molecule has 0 saturated carbocycles. The van der Waals surface area contributed by atoms with Gasteiger partial charge in [-0.1, -0.05) is 103 Å². The van der Waals surface area contributed by atoms with Crippen LogP contribution in [0, 0.1) is 5.82 Å². The molecule has 0 aliphatic heterocycles. The van der Waals surface area contributed by atoms with Gasteiger partial charge in [-0.05, 0) is 30.7 Å². The number of hydrogen-bond acceptors (Lipinski definition) is 6. The molecule has 0 radical (unpaired) electrons. The van der Waals surface area contributed by atoms with E-state index in [0.717, 1.165) is 18.2 Å². The molecule has 0 fully saturated rings. The number of rotatable bonds is 15. The highest BCUT2D eigenvalue weighted by molar-refractivity contribution is 7.92. The Morgan fingerprint density at radius 1 is 0.923 bits per heavy atom. The Morgan fingerprint density at radius 2 is 1.38 bits per heavy atom. The minimum absolute atomic E-state index is 0.102. The van der Waals surface area contributed by atoms with E-state index in [1.165, 1.54) is 89.7 Å². The van der Waals surface area contributed by atoms with Gasteiger partial charge in [0.05, 0.1) is 16.3 Å². The number of phenolic OH excluding ortho intramolecular Hbond substituents is 2. The molecule has 10 heteroatoms. The van der Waals surface area contributed by atoms with Crippen molar-refractivity contribution in [3.05, 3.63) is 41.2 Å². The first kappa shape index (κ1) is 34.5. The SMILES string of the molecule is CCC(C(=O)Nc1c(F)cc(N)c(O)c1Cl)S(=O)(=O)c1ccc(O)cc1.CCCCCCCCCCCCC. The van der Waals surface area contributed by atoms with Crippen molar-refractivity contribution >= 4 is 38.7 Å². The number of carbonyl (C=O) groups excluding carboxylic acids is 1. The number of unbranched alkanes of at least 4 members (excludes halogenated alkanes) is 10. The van der Waals surface area contributed by atoms with Gasteiger partial charge < -0.3 is 21.3 Å². The van der Waals surface area contributed by atoms with Crippen LogP contribution in [0.1, 0.15) is 97.8 Å². The standard InChI is InChI=1S/C16H16ClFN2O5S.C13H28/c1-2-12(26(24,25)9-5-3-8(21)4-6-9)16(23)20-14-10(18)7-11(19)15(22)13(14)17;1-3-5-7-9-11-13-12-10-8-6-4-2/h3-7,12,21-22H,2,19H2,1H3,(H,20,23);3-13H2,1-2H3. The number of anilines is 2. The van der Waals surface area contributed by atoms with E-state index in [4.69, 9.17) is 17.3 Å². The van der Waals surface area contributed by atoms with E-state index in [-0.39, 0.29) is 22.8 Å². The Morgan fingerprint density at radius 3 is 1.82 bits per heavy atom. The summed E-state index contributed by atoms with van der Waals surface area (Å²) in [5.41, 5.74) is 4.47. The van der Waals surface area contributed by atoms with Crippen molar-refractivity contribution in [2.75, 3.05) is 11.1 Å². The van der Waals surface area contributed by atoms with Gasteiger partial charge >= 0.3 is 0 Å². The normalized spacial score (nSPS) is 11.9. The molecule has 7 nitrogen and oxygen atoms in total. The summed E-state index contributed by atoms with van der Waals surface area (Å²) in [5.74, 6) is -2.80. The van der Waals surface area contributed by atoms with Crippen LogP contribution < -0.4 is 11.1 Å². The first-order chi connectivity index (χ1) is 18.5. The van der Waals surface area contributed by atoms with E-state index in [1.807, 2.05) is 0 Å². The fraction of sp³-hybridized carbons (Fsp3) is 0.552. The van der Waals surface area contributed by atoms with Crippen LogP contribution in [0.2, 0.25) is 5.02 Å². The summed E-state index contributed by atoms with van der Waals surface area (Å²) in [6.45, 7) is 6.04. The molecule has 1 atom stereocenters. The summed E-state index contributed by atoms with van der Waals surface area (Å²) in [4.78, 5) is 12.3. The van der Waals surface area contributed by atoms with E-state index >= 15 is 0 Å². The largest absolute Gasteiger partial charge is 0.508 e. The second-order valence-electron chi connectivity index (χ2n) is 9.59. The quantitative estimate of drug-likeness (QED) is 0.0950. The van der Waals surface area contributed by atoms with Gasteiger partial charge in [0.15, 0.2) is 21.4 Å². The van der Waals surface area contributed by atoms with Crippen LogP contribution >= 0.6 is 11.6 Å². The number of phenols is 2. The second-order valence-corrected chi connectivity index (χ2v) is 12.1. The third kappa shape index (κ3) is 11.2. The fourth-order valence-electron chi connectivity index (χ4n) is 4.03. The summed E-state index contributed by atoms with van der Waals surface area (Å²) in [5, 5.41) is 19.0. The van der Waals surface area contributed by atoms with Crippen molar-refractivity contribution in [3.8, 4) is 11.5 Å². The Hall–Kier alpha value is -2.52. The van der Waals surface area contributed by atoms with Gasteiger partial charge in [-0.2, -0.15) is 0 Å². The predicted octanol–water partition coefficient (Wildman–Crippen LogP) is 7.98. The number of carbonyl (C=O) groups is 1. The predicted molar refractivity (Wildman–Crippen MR) is 158 cm³/mol. The molecule has 0 spiro atoms. The minimum atomic E-state index is -4.11. The molecule has 1 amide bonds. The molecular formula is C29H44ClFN2O5S. The van der Waals surface area contributed by atoms with Gasteiger partial charge in [0.25, 0.3) is 0 Å². The maximum atomic E-state index is 14.0. The Bertz CT molecular complexity index is 1120. The number of hydrogen-bond donors (Lipinski definition) is 4. The molecule has 0 heterocycles. The number of benzene rings is 2. The maximum absolute atomic E-state index is 14.0. The number of nitrogen functional groups attached to an aromatic ring is 1. The van der Waals surface area contributed by atoms with E-state index in [2.05, 4.69) is 19.2 Å². The van der Waals surface area contributed by atoms with Crippen LogP contribution in [0.4, 0.5) is 15.8 Å². The first-order valence-electron chi connectivity index (χ1n) is 13.8. The molecule has 220 valence electrons. The molecular weight excluding hydrogens is 543 g/mol. The highest BCUT2D eigenvalue weighted by atomic mass is 35.5. The lowest BCUT2D eigenvalue weighted by Crippen LogP contribution is -2.35. The van der Waals surface area contributed by atoms with Crippen molar-refractivity contribution < 1.29 is 27.8 Å². The number of aromatic hydroxyl groups is 2. The summed E-state index contributed by atoms with van der Waals surface area (Å²) in [6, 6.07) is 5.41. The Kier molecular flexibility index (Phi) is 15.9. The van der Waals surface area contributed by atoms with Crippen molar-refractivity contribution in [2.24, 2.45) is 0 Å². The molecule has 2 rings (SSSR count). The molecule has 0 aromatic heterocycles. The summed E-state index contributed by atoms with van der Waals surface area (Å²) < 4.78 is 39.3. The monoisotopic (exact) mass is 586 g/mol. The zero-order chi connectivity index (χ0) is 29.4. The Labute approximate surface area is 237 Å². The molecule has 0 saturated heterocycles.